The highest BCUT2D eigenvalue weighted by Gasteiger charge is 2.33. The summed E-state index contributed by atoms with van der Waals surface area (Å²) in [5.41, 5.74) is 1.25. The van der Waals surface area contributed by atoms with E-state index in [0.29, 0.717) is 17.9 Å². The number of carbonyl (C=O) groups excluding carboxylic acids is 1. The zero-order valence-corrected chi connectivity index (χ0v) is 16.1. The maximum Gasteiger partial charge on any atom is 0.225 e. The zero-order valence-electron chi connectivity index (χ0n) is 15.4. The second kappa shape index (κ2) is 8.26. The maximum absolute atomic E-state index is 13.0. The number of likely N-dealkylation sites (tertiary alicyclic amines) is 1. The van der Waals surface area contributed by atoms with Gasteiger partial charge in [0, 0.05) is 48.4 Å². The molecule has 2 fully saturated rings. The van der Waals surface area contributed by atoms with Crippen molar-refractivity contribution >= 4 is 23.3 Å². The van der Waals surface area contributed by atoms with Crippen LogP contribution in [0.5, 0.6) is 0 Å². The number of hydrogen-bond donors (Lipinski definition) is 1. The minimum atomic E-state index is 0.156. The van der Waals surface area contributed by atoms with Gasteiger partial charge in [0.25, 0.3) is 0 Å². The summed E-state index contributed by atoms with van der Waals surface area (Å²) < 4.78 is 0. The van der Waals surface area contributed by atoms with Crippen molar-refractivity contribution in [2.45, 2.75) is 44.1 Å². The third-order valence-electron chi connectivity index (χ3n) is 5.81. The number of nitrogens with zero attached hydrogens (tertiary/aromatic N) is 3. The van der Waals surface area contributed by atoms with Gasteiger partial charge in [-0.1, -0.05) is 23.7 Å². The first-order chi connectivity index (χ1) is 13.2. The molecule has 5 nitrogen and oxygen atoms in total. The number of nitrogens with one attached hydrogen (secondary N) is 1. The molecular formula is C21H25ClN4O. The highest BCUT2D eigenvalue weighted by Crippen LogP contribution is 2.33. The van der Waals surface area contributed by atoms with E-state index in [4.69, 9.17) is 11.6 Å². The summed E-state index contributed by atoms with van der Waals surface area (Å²) in [6.45, 7) is 1.67. The van der Waals surface area contributed by atoms with Gasteiger partial charge in [-0.25, -0.2) is 4.98 Å². The lowest BCUT2D eigenvalue weighted by Gasteiger charge is -2.31. The van der Waals surface area contributed by atoms with Gasteiger partial charge in [-0.2, -0.15) is 0 Å². The topological polar surface area (TPSA) is 58.1 Å². The third kappa shape index (κ3) is 4.41. The van der Waals surface area contributed by atoms with Gasteiger partial charge in [-0.05, 0) is 49.8 Å². The lowest BCUT2D eigenvalue weighted by atomic mass is 9.85. The van der Waals surface area contributed by atoms with Gasteiger partial charge in [0.2, 0.25) is 5.91 Å². The van der Waals surface area contributed by atoms with Crippen molar-refractivity contribution in [2.24, 2.45) is 5.92 Å². The SMILES string of the molecule is O=C(C1CCC(Nc2cnccn2)CC1)N1CCC(c2cccc(Cl)c2)C1. The molecule has 1 aliphatic carbocycles. The van der Waals surface area contributed by atoms with E-state index in [-0.39, 0.29) is 5.92 Å². The van der Waals surface area contributed by atoms with E-state index >= 15 is 0 Å². The highest BCUT2D eigenvalue weighted by molar-refractivity contribution is 6.30. The second-order valence-electron chi connectivity index (χ2n) is 7.61. The number of rotatable bonds is 4. The minimum Gasteiger partial charge on any atom is -0.366 e. The molecule has 1 unspecified atom stereocenters. The number of halogens is 1. The molecule has 1 aromatic heterocycles. The summed E-state index contributed by atoms with van der Waals surface area (Å²) in [4.78, 5) is 23.4. The van der Waals surface area contributed by atoms with Gasteiger partial charge in [0.05, 0.1) is 6.20 Å². The fourth-order valence-corrected chi connectivity index (χ4v) is 4.52. The van der Waals surface area contributed by atoms with Crippen molar-refractivity contribution in [1.82, 2.24) is 14.9 Å². The predicted octanol–water partition coefficient (Wildman–Crippen LogP) is 4.12. The summed E-state index contributed by atoms with van der Waals surface area (Å²) in [5.74, 6) is 1.71. The lowest BCUT2D eigenvalue weighted by Crippen LogP contribution is -2.38. The molecule has 1 aliphatic heterocycles. The number of anilines is 1. The van der Waals surface area contributed by atoms with Gasteiger partial charge in [0.1, 0.15) is 5.82 Å². The van der Waals surface area contributed by atoms with E-state index < -0.39 is 0 Å². The van der Waals surface area contributed by atoms with E-state index in [2.05, 4.69) is 26.3 Å². The van der Waals surface area contributed by atoms with Crippen LogP contribution in [0, 0.1) is 5.92 Å². The molecule has 0 spiro atoms. The first kappa shape index (κ1) is 18.2. The van der Waals surface area contributed by atoms with E-state index in [9.17, 15) is 4.79 Å². The number of benzene rings is 1. The Hall–Kier alpha value is -2.14. The van der Waals surface area contributed by atoms with Crippen molar-refractivity contribution in [3.8, 4) is 0 Å². The summed E-state index contributed by atoms with van der Waals surface area (Å²) in [6.07, 6.45) is 10.0. The number of amides is 1. The van der Waals surface area contributed by atoms with Gasteiger partial charge in [0.15, 0.2) is 0 Å². The van der Waals surface area contributed by atoms with Crippen LogP contribution in [0.15, 0.2) is 42.9 Å². The van der Waals surface area contributed by atoms with Crippen LogP contribution in [0.2, 0.25) is 5.02 Å². The van der Waals surface area contributed by atoms with Crippen LogP contribution in [0.3, 0.4) is 0 Å². The normalized spacial score (nSPS) is 25.4. The average Bonchev–Trinajstić information content (AvgIpc) is 3.19. The summed E-state index contributed by atoms with van der Waals surface area (Å²) >= 11 is 6.12. The van der Waals surface area contributed by atoms with Crippen molar-refractivity contribution in [3.05, 3.63) is 53.4 Å². The third-order valence-corrected chi connectivity index (χ3v) is 6.05. The van der Waals surface area contributed by atoms with Gasteiger partial charge in [-0.3, -0.25) is 9.78 Å². The standard InChI is InChI=1S/C21H25ClN4O/c22-18-3-1-2-16(12-18)17-8-11-26(14-17)21(27)15-4-6-19(7-5-15)25-20-13-23-9-10-24-20/h1-3,9-10,12-13,15,17,19H,4-8,11,14H2,(H,24,25). The summed E-state index contributed by atoms with van der Waals surface area (Å²) in [6, 6.07) is 8.42. The van der Waals surface area contributed by atoms with E-state index in [0.717, 1.165) is 56.0 Å². The molecule has 1 aromatic carbocycles. The Balaban J connectivity index is 1.28. The van der Waals surface area contributed by atoms with Crippen molar-refractivity contribution < 1.29 is 4.79 Å². The van der Waals surface area contributed by atoms with Crippen LogP contribution in [0.25, 0.3) is 0 Å². The Morgan fingerprint density at radius 2 is 2.00 bits per heavy atom. The Labute approximate surface area is 165 Å². The highest BCUT2D eigenvalue weighted by atomic mass is 35.5. The van der Waals surface area contributed by atoms with Crippen LogP contribution in [-0.2, 0) is 4.79 Å². The second-order valence-corrected chi connectivity index (χ2v) is 8.04. The fourth-order valence-electron chi connectivity index (χ4n) is 4.32. The van der Waals surface area contributed by atoms with E-state index in [1.165, 1.54) is 5.56 Å². The smallest absolute Gasteiger partial charge is 0.225 e. The summed E-state index contributed by atoms with van der Waals surface area (Å²) in [7, 11) is 0. The maximum atomic E-state index is 13.0. The molecule has 2 heterocycles. The first-order valence-corrected chi connectivity index (χ1v) is 10.1. The van der Waals surface area contributed by atoms with Gasteiger partial charge in [-0.15, -0.1) is 0 Å². The van der Waals surface area contributed by atoms with Crippen molar-refractivity contribution in [2.75, 3.05) is 18.4 Å². The number of carbonyl (C=O) groups is 1. The molecule has 2 aliphatic rings. The average molecular weight is 385 g/mol. The molecule has 1 atom stereocenters. The first-order valence-electron chi connectivity index (χ1n) is 9.76. The van der Waals surface area contributed by atoms with E-state index in [1.54, 1.807) is 18.6 Å². The molecule has 0 bridgehead atoms. The Kier molecular flexibility index (Phi) is 5.58. The molecule has 27 heavy (non-hydrogen) atoms. The quantitative estimate of drug-likeness (QED) is 0.861. The largest absolute Gasteiger partial charge is 0.366 e. The Bertz CT molecular complexity index is 777. The number of aromatic nitrogens is 2. The lowest BCUT2D eigenvalue weighted by molar-refractivity contribution is -0.135. The number of hydrogen-bond acceptors (Lipinski definition) is 4. The molecule has 1 saturated carbocycles. The van der Waals surface area contributed by atoms with Gasteiger partial charge < -0.3 is 10.2 Å². The minimum absolute atomic E-state index is 0.156. The molecule has 0 radical (unpaired) electrons. The fraction of sp³-hybridized carbons (Fsp3) is 0.476. The zero-order chi connectivity index (χ0) is 18.6. The summed E-state index contributed by atoms with van der Waals surface area (Å²) in [5, 5.41) is 4.20. The molecule has 142 valence electrons. The van der Waals surface area contributed by atoms with Gasteiger partial charge >= 0.3 is 0 Å². The van der Waals surface area contributed by atoms with E-state index in [1.807, 2.05) is 18.2 Å². The molecule has 2 aromatic rings. The van der Waals surface area contributed by atoms with Crippen LogP contribution in [0.1, 0.15) is 43.6 Å². The molecule has 1 N–H and O–H groups in total. The monoisotopic (exact) mass is 384 g/mol. The van der Waals surface area contributed by atoms with Crippen LogP contribution in [-0.4, -0.2) is 39.9 Å². The molecule has 4 rings (SSSR count). The Morgan fingerprint density at radius 1 is 1.15 bits per heavy atom. The van der Waals surface area contributed by atoms with Crippen molar-refractivity contribution in [1.29, 1.82) is 0 Å². The predicted molar refractivity (Wildman–Crippen MR) is 107 cm³/mol. The molecule has 6 heteroatoms. The molecule has 1 amide bonds. The van der Waals surface area contributed by atoms with Crippen LogP contribution < -0.4 is 5.32 Å². The van der Waals surface area contributed by atoms with Crippen molar-refractivity contribution in [3.63, 3.8) is 0 Å². The molecule has 1 saturated heterocycles. The van der Waals surface area contributed by atoms with Crippen LogP contribution >= 0.6 is 11.6 Å². The Morgan fingerprint density at radius 3 is 2.74 bits per heavy atom. The molecular weight excluding hydrogens is 360 g/mol. The van der Waals surface area contributed by atoms with Crippen LogP contribution in [0.4, 0.5) is 5.82 Å².